The van der Waals surface area contributed by atoms with Crippen LogP contribution >= 0.6 is 35.6 Å². The van der Waals surface area contributed by atoms with Crippen molar-refractivity contribution in [1.82, 2.24) is 4.98 Å². The summed E-state index contributed by atoms with van der Waals surface area (Å²) in [6.07, 6.45) is 3.91. The van der Waals surface area contributed by atoms with Crippen LogP contribution in [0.15, 0.2) is 42.6 Å². The molecule has 6 heteroatoms. The normalized spacial score (nSPS) is 17.1. The Morgan fingerprint density at radius 2 is 2.23 bits per heavy atom. The second-order valence-electron chi connectivity index (χ2n) is 5.07. The van der Waals surface area contributed by atoms with Gasteiger partial charge in [-0.1, -0.05) is 29.9 Å². The number of nitrogens with one attached hydrogen (secondary N) is 1. The Morgan fingerprint density at radius 3 is 2.95 bits per heavy atom. The van der Waals surface area contributed by atoms with Gasteiger partial charge in [0.05, 0.1) is 29.7 Å². The number of hydrogen-bond acceptors (Lipinski definition) is 4. The SMILES string of the molecule is CSC[C@H]1C(=S)Nc2ccc(Cl)cc2N1Cc1ccccn1. The van der Waals surface area contributed by atoms with E-state index < -0.39 is 0 Å². The molecule has 1 aliphatic heterocycles. The molecular weight excluding hydrogens is 334 g/mol. The lowest BCUT2D eigenvalue weighted by molar-refractivity contribution is 0.750. The molecule has 1 aliphatic rings. The smallest absolute Gasteiger partial charge is 0.103 e. The Balaban J connectivity index is 2.01. The van der Waals surface area contributed by atoms with Crippen LogP contribution in [-0.4, -0.2) is 28.0 Å². The van der Waals surface area contributed by atoms with Gasteiger partial charge in [-0.25, -0.2) is 0 Å². The molecule has 2 heterocycles. The maximum absolute atomic E-state index is 6.20. The van der Waals surface area contributed by atoms with Crippen LogP contribution in [-0.2, 0) is 6.54 Å². The van der Waals surface area contributed by atoms with Gasteiger partial charge in [0.25, 0.3) is 0 Å². The van der Waals surface area contributed by atoms with Gasteiger partial charge in [-0.3, -0.25) is 4.98 Å². The second-order valence-corrected chi connectivity index (χ2v) is 6.86. The molecule has 1 aromatic carbocycles. The van der Waals surface area contributed by atoms with Gasteiger partial charge in [-0.2, -0.15) is 11.8 Å². The van der Waals surface area contributed by atoms with Gasteiger partial charge >= 0.3 is 0 Å². The molecule has 1 aromatic heterocycles. The molecule has 0 saturated carbocycles. The molecule has 0 unspecified atom stereocenters. The predicted molar refractivity (Wildman–Crippen MR) is 100 cm³/mol. The Bertz CT molecular complexity index is 678. The van der Waals surface area contributed by atoms with Gasteiger partial charge in [-0.05, 0) is 36.6 Å². The molecule has 0 spiro atoms. The van der Waals surface area contributed by atoms with E-state index in [0.717, 1.165) is 32.8 Å². The molecule has 0 fully saturated rings. The molecule has 0 aliphatic carbocycles. The Labute approximate surface area is 145 Å². The van der Waals surface area contributed by atoms with Crippen LogP contribution in [0, 0.1) is 0 Å². The van der Waals surface area contributed by atoms with Crippen LogP contribution in [0.5, 0.6) is 0 Å². The van der Waals surface area contributed by atoms with Gasteiger partial charge in [0, 0.05) is 17.0 Å². The van der Waals surface area contributed by atoms with E-state index in [-0.39, 0.29) is 6.04 Å². The zero-order chi connectivity index (χ0) is 15.5. The summed E-state index contributed by atoms with van der Waals surface area (Å²) in [5.74, 6) is 0.921. The minimum Gasteiger partial charge on any atom is -0.354 e. The number of anilines is 2. The fraction of sp³-hybridized carbons (Fsp3) is 0.250. The lowest BCUT2D eigenvalue weighted by Crippen LogP contribution is -2.48. The maximum atomic E-state index is 6.20. The highest BCUT2D eigenvalue weighted by atomic mass is 35.5. The van der Waals surface area contributed by atoms with E-state index in [2.05, 4.69) is 21.5 Å². The van der Waals surface area contributed by atoms with Crippen LogP contribution in [0.4, 0.5) is 11.4 Å². The Morgan fingerprint density at radius 1 is 1.36 bits per heavy atom. The number of nitrogens with zero attached hydrogens (tertiary/aromatic N) is 2. The van der Waals surface area contributed by atoms with Gasteiger partial charge in [0.15, 0.2) is 0 Å². The third-order valence-electron chi connectivity index (χ3n) is 3.59. The van der Waals surface area contributed by atoms with Crippen LogP contribution in [0.25, 0.3) is 0 Å². The fourth-order valence-electron chi connectivity index (χ4n) is 2.56. The highest BCUT2D eigenvalue weighted by molar-refractivity contribution is 7.98. The first-order valence-electron chi connectivity index (χ1n) is 6.95. The fourth-order valence-corrected chi connectivity index (χ4v) is 3.81. The van der Waals surface area contributed by atoms with Gasteiger partial charge in [-0.15, -0.1) is 0 Å². The number of pyridine rings is 1. The van der Waals surface area contributed by atoms with Crippen LogP contribution < -0.4 is 10.2 Å². The van der Waals surface area contributed by atoms with Crippen LogP contribution in [0.1, 0.15) is 5.69 Å². The Hall–Kier alpha value is -1.30. The molecule has 22 heavy (non-hydrogen) atoms. The first-order valence-corrected chi connectivity index (χ1v) is 9.13. The molecule has 0 saturated heterocycles. The van der Waals surface area contributed by atoms with Gasteiger partial charge in [0.1, 0.15) is 4.99 Å². The van der Waals surface area contributed by atoms with Crippen molar-refractivity contribution in [1.29, 1.82) is 0 Å². The summed E-state index contributed by atoms with van der Waals surface area (Å²) >= 11 is 13.6. The average Bonchev–Trinajstić information content (AvgIpc) is 2.52. The summed E-state index contributed by atoms with van der Waals surface area (Å²) < 4.78 is 0. The van der Waals surface area contributed by atoms with Crippen LogP contribution in [0.3, 0.4) is 0 Å². The number of thioether (sulfide) groups is 1. The molecule has 3 rings (SSSR count). The summed E-state index contributed by atoms with van der Waals surface area (Å²) in [5.41, 5.74) is 3.10. The molecule has 2 aromatic rings. The quantitative estimate of drug-likeness (QED) is 0.834. The van der Waals surface area contributed by atoms with Crippen molar-refractivity contribution in [3.8, 4) is 0 Å². The molecule has 3 nitrogen and oxygen atoms in total. The number of halogens is 1. The number of fused-ring (bicyclic) bond motifs is 1. The lowest BCUT2D eigenvalue weighted by Gasteiger charge is -2.39. The van der Waals surface area contributed by atoms with E-state index in [1.54, 1.807) is 11.8 Å². The van der Waals surface area contributed by atoms with E-state index in [0.29, 0.717) is 6.54 Å². The molecule has 1 atom stereocenters. The highest BCUT2D eigenvalue weighted by Gasteiger charge is 2.30. The van der Waals surface area contributed by atoms with Crippen molar-refractivity contribution in [3.63, 3.8) is 0 Å². The van der Waals surface area contributed by atoms with Crippen molar-refractivity contribution >= 4 is 51.9 Å². The zero-order valence-electron chi connectivity index (χ0n) is 12.1. The monoisotopic (exact) mass is 349 g/mol. The summed E-state index contributed by atoms with van der Waals surface area (Å²) in [6.45, 7) is 0.710. The number of aromatic nitrogens is 1. The largest absolute Gasteiger partial charge is 0.354 e. The van der Waals surface area contributed by atoms with Crippen molar-refractivity contribution in [3.05, 3.63) is 53.3 Å². The molecule has 0 radical (unpaired) electrons. The van der Waals surface area contributed by atoms with E-state index in [1.165, 1.54) is 0 Å². The first-order chi connectivity index (χ1) is 10.7. The van der Waals surface area contributed by atoms with E-state index in [4.69, 9.17) is 23.8 Å². The van der Waals surface area contributed by atoms with Crippen molar-refractivity contribution in [2.24, 2.45) is 0 Å². The minimum absolute atomic E-state index is 0.137. The summed E-state index contributed by atoms with van der Waals surface area (Å²) in [6, 6.07) is 11.9. The number of hydrogen-bond donors (Lipinski definition) is 1. The Kier molecular flexibility index (Phi) is 4.86. The third-order valence-corrected chi connectivity index (χ3v) is 4.85. The summed E-state index contributed by atoms with van der Waals surface area (Å²) in [5, 5.41) is 4.06. The van der Waals surface area contributed by atoms with Crippen molar-refractivity contribution in [2.75, 3.05) is 22.2 Å². The van der Waals surface area contributed by atoms with E-state index in [1.807, 2.05) is 42.6 Å². The van der Waals surface area contributed by atoms with Gasteiger partial charge in [0.2, 0.25) is 0 Å². The predicted octanol–water partition coefficient (Wildman–Crippen LogP) is 4.23. The minimum atomic E-state index is 0.137. The van der Waals surface area contributed by atoms with E-state index >= 15 is 0 Å². The molecule has 0 bridgehead atoms. The standard InChI is InChI=1S/C16H16ClN3S2/c1-22-10-15-16(21)19-13-6-5-11(17)8-14(13)20(15)9-12-4-2-3-7-18-12/h2-8,15H,9-10H2,1H3,(H,19,21)/t15-/m0/s1. The molecule has 114 valence electrons. The summed E-state index contributed by atoms with van der Waals surface area (Å²) in [7, 11) is 0. The first kappa shape index (κ1) is 15.6. The van der Waals surface area contributed by atoms with Crippen molar-refractivity contribution < 1.29 is 0 Å². The molecule has 1 N–H and O–H groups in total. The van der Waals surface area contributed by atoms with Gasteiger partial charge < -0.3 is 10.2 Å². The molecular formula is C16H16ClN3S2. The average molecular weight is 350 g/mol. The highest BCUT2D eigenvalue weighted by Crippen LogP contribution is 2.36. The number of thiocarbonyl (C=S) groups is 1. The summed E-state index contributed by atoms with van der Waals surface area (Å²) in [4.78, 5) is 7.58. The number of rotatable bonds is 4. The third kappa shape index (κ3) is 3.21. The number of benzene rings is 1. The topological polar surface area (TPSA) is 28.2 Å². The van der Waals surface area contributed by atoms with Crippen molar-refractivity contribution in [2.45, 2.75) is 12.6 Å². The lowest BCUT2D eigenvalue weighted by atomic mass is 10.1. The van der Waals surface area contributed by atoms with E-state index in [9.17, 15) is 0 Å². The second kappa shape index (κ2) is 6.86. The zero-order valence-corrected chi connectivity index (χ0v) is 14.5. The maximum Gasteiger partial charge on any atom is 0.103 e. The van der Waals surface area contributed by atoms with Crippen LogP contribution in [0.2, 0.25) is 5.02 Å². The molecule has 0 amide bonds.